The lowest BCUT2D eigenvalue weighted by atomic mass is 10.2. The number of ether oxygens (including phenoxy) is 1. The summed E-state index contributed by atoms with van der Waals surface area (Å²) in [6, 6.07) is 12.9. The van der Waals surface area contributed by atoms with Crippen LogP contribution in [0, 0.1) is 5.82 Å². The number of hydrogen-bond donors (Lipinski definition) is 2. The topological polar surface area (TPSA) is 95.1 Å². The van der Waals surface area contributed by atoms with Gasteiger partial charge in [0.1, 0.15) is 11.6 Å². The molecule has 0 saturated carbocycles. The van der Waals surface area contributed by atoms with Crippen LogP contribution in [0.3, 0.4) is 0 Å². The first-order chi connectivity index (χ1) is 13.1. The van der Waals surface area contributed by atoms with Crippen molar-refractivity contribution in [3.05, 3.63) is 54.3 Å². The van der Waals surface area contributed by atoms with E-state index in [1.54, 1.807) is 0 Å². The van der Waals surface area contributed by atoms with Gasteiger partial charge in [-0.15, -0.1) is 10.2 Å². The molecule has 7 nitrogen and oxygen atoms in total. The van der Waals surface area contributed by atoms with Crippen LogP contribution in [-0.2, 0) is 4.79 Å². The van der Waals surface area contributed by atoms with Gasteiger partial charge in [0.25, 0.3) is 0 Å². The van der Waals surface area contributed by atoms with Crippen molar-refractivity contribution in [2.24, 2.45) is 0 Å². The number of nitrogens with two attached hydrogens (primary N) is 1. The number of thioether (sulfide) groups is 1. The summed E-state index contributed by atoms with van der Waals surface area (Å²) in [5.41, 5.74) is 1.28. The summed E-state index contributed by atoms with van der Waals surface area (Å²) in [6.45, 7) is 2.47. The van der Waals surface area contributed by atoms with Gasteiger partial charge in [-0.05, 0) is 43.3 Å². The van der Waals surface area contributed by atoms with Crippen LogP contribution in [-0.4, -0.2) is 33.1 Å². The monoisotopic (exact) mass is 387 g/mol. The number of amides is 1. The van der Waals surface area contributed by atoms with Gasteiger partial charge in [0.05, 0.1) is 12.4 Å². The van der Waals surface area contributed by atoms with Crippen molar-refractivity contribution in [3.8, 4) is 17.1 Å². The molecule has 1 heterocycles. The summed E-state index contributed by atoms with van der Waals surface area (Å²) in [5, 5.41) is 11.2. The quantitative estimate of drug-likeness (QED) is 0.478. The van der Waals surface area contributed by atoms with Crippen molar-refractivity contribution in [2.45, 2.75) is 12.1 Å². The van der Waals surface area contributed by atoms with Crippen LogP contribution < -0.4 is 15.9 Å². The van der Waals surface area contributed by atoms with Gasteiger partial charge >= 0.3 is 0 Å². The Hall–Kier alpha value is -3.07. The third-order valence-electron chi connectivity index (χ3n) is 3.53. The van der Waals surface area contributed by atoms with Crippen LogP contribution in [0.4, 0.5) is 10.1 Å². The molecule has 0 aliphatic rings. The van der Waals surface area contributed by atoms with Gasteiger partial charge in [-0.2, -0.15) is 0 Å². The van der Waals surface area contributed by atoms with Crippen LogP contribution in [0.5, 0.6) is 5.75 Å². The second-order valence-electron chi connectivity index (χ2n) is 5.48. The number of aromatic nitrogens is 3. The Labute approximate surface area is 159 Å². The zero-order chi connectivity index (χ0) is 19.2. The SMILES string of the molecule is CCOc1cccc(-c2nnc(SCC(=O)Nc3ccc(F)cc3)n2N)c1. The third kappa shape index (κ3) is 4.76. The van der Waals surface area contributed by atoms with Crippen LogP contribution in [0.15, 0.2) is 53.7 Å². The third-order valence-corrected chi connectivity index (χ3v) is 4.47. The number of hydrogen-bond acceptors (Lipinski definition) is 6. The van der Waals surface area contributed by atoms with Crippen molar-refractivity contribution >= 4 is 23.4 Å². The van der Waals surface area contributed by atoms with Gasteiger partial charge in [0.15, 0.2) is 5.82 Å². The molecule has 0 saturated heterocycles. The minimum absolute atomic E-state index is 0.0890. The molecule has 0 radical (unpaired) electrons. The fourth-order valence-corrected chi connectivity index (χ4v) is 2.98. The second-order valence-corrected chi connectivity index (χ2v) is 6.42. The Balaban J connectivity index is 1.64. The molecular formula is C18H18FN5O2S. The lowest BCUT2D eigenvalue weighted by molar-refractivity contribution is -0.113. The Morgan fingerprint density at radius 2 is 2.04 bits per heavy atom. The van der Waals surface area contributed by atoms with E-state index in [4.69, 9.17) is 10.6 Å². The highest BCUT2D eigenvalue weighted by Gasteiger charge is 2.14. The zero-order valence-electron chi connectivity index (χ0n) is 14.6. The lowest BCUT2D eigenvalue weighted by Crippen LogP contribution is -2.16. The number of anilines is 1. The predicted molar refractivity (Wildman–Crippen MR) is 103 cm³/mol. The van der Waals surface area contributed by atoms with E-state index in [9.17, 15) is 9.18 Å². The number of halogens is 1. The Morgan fingerprint density at radius 3 is 2.78 bits per heavy atom. The van der Waals surface area contributed by atoms with Crippen LogP contribution in [0.25, 0.3) is 11.4 Å². The first-order valence-electron chi connectivity index (χ1n) is 8.18. The molecule has 0 bridgehead atoms. The van der Waals surface area contributed by atoms with Gasteiger partial charge in [0.2, 0.25) is 11.1 Å². The molecular weight excluding hydrogens is 369 g/mol. The molecule has 0 atom stereocenters. The van der Waals surface area contributed by atoms with E-state index < -0.39 is 0 Å². The van der Waals surface area contributed by atoms with Crippen molar-refractivity contribution in [2.75, 3.05) is 23.5 Å². The molecule has 2 aromatic carbocycles. The molecule has 0 spiro atoms. The molecule has 1 aromatic heterocycles. The van der Waals surface area contributed by atoms with Gasteiger partial charge in [0, 0.05) is 11.3 Å². The highest BCUT2D eigenvalue weighted by atomic mass is 32.2. The maximum Gasteiger partial charge on any atom is 0.234 e. The summed E-state index contributed by atoms with van der Waals surface area (Å²) in [6.07, 6.45) is 0. The highest BCUT2D eigenvalue weighted by Crippen LogP contribution is 2.25. The molecule has 3 aromatic rings. The number of benzene rings is 2. The number of nitrogen functional groups attached to an aromatic ring is 1. The Bertz CT molecular complexity index is 930. The van der Waals surface area contributed by atoms with E-state index in [1.165, 1.54) is 28.9 Å². The maximum absolute atomic E-state index is 12.9. The first-order valence-corrected chi connectivity index (χ1v) is 9.17. The fraction of sp³-hybridized carbons (Fsp3) is 0.167. The average Bonchev–Trinajstić information content (AvgIpc) is 3.03. The Morgan fingerprint density at radius 1 is 1.26 bits per heavy atom. The summed E-state index contributed by atoms with van der Waals surface area (Å²) in [4.78, 5) is 12.0. The molecule has 1 amide bonds. The molecule has 0 unspecified atom stereocenters. The highest BCUT2D eigenvalue weighted by molar-refractivity contribution is 7.99. The van der Waals surface area contributed by atoms with E-state index >= 15 is 0 Å². The maximum atomic E-state index is 12.9. The van der Waals surface area contributed by atoms with Crippen molar-refractivity contribution in [1.82, 2.24) is 14.9 Å². The van der Waals surface area contributed by atoms with Gasteiger partial charge in [-0.1, -0.05) is 23.9 Å². The molecule has 0 aliphatic carbocycles. The zero-order valence-corrected chi connectivity index (χ0v) is 15.4. The van der Waals surface area contributed by atoms with E-state index in [2.05, 4.69) is 15.5 Å². The molecule has 9 heteroatoms. The van der Waals surface area contributed by atoms with E-state index in [-0.39, 0.29) is 17.5 Å². The predicted octanol–water partition coefficient (Wildman–Crippen LogP) is 2.93. The second kappa shape index (κ2) is 8.54. The number of carbonyl (C=O) groups excluding carboxylic acids is 1. The number of nitrogens with one attached hydrogen (secondary N) is 1. The lowest BCUT2D eigenvalue weighted by Gasteiger charge is -2.07. The van der Waals surface area contributed by atoms with Crippen molar-refractivity contribution in [1.29, 1.82) is 0 Å². The van der Waals surface area contributed by atoms with E-state index in [0.717, 1.165) is 17.3 Å². The van der Waals surface area contributed by atoms with E-state index in [1.807, 2.05) is 31.2 Å². The average molecular weight is 387 g/mol. The summed E-state index contributed by atoms with van der Waals surface area (Å²) < 4.78 is 19.7. The van der Waals surface area contributed by atoms with E-state index in [0.29, 0.717) is 29.0 Å². The standard InChI is InChI=1S/C18H18FN5O2S/c1-2-26-15-5-3-4-12(10-15)17-22-23-18(24(17)20)27-11-16(25)21-14-8-6-13(19)7-9-14/h3-10H,2,11,20H2,1H3,(H,21,25). The smallest absolute Gasteiger partial charge is 0.234 e. The first kappa shape index (κ1) is 18.7. The van der Waals surface area contributed by atoms with Crippen molar-refractivity contribution < 1.29 is 13.9 Å². The van der Waals surface area contributed by atoms with Gasteiger partial charge in [-0.3, -0.25) is 4.79 Å². The number of rotatable bonds is 7. The normalized spacial score (nSPS) is 10.6. The minimum Gasteiger partial charge on any atom is -0.494 e. The molecule has 3 rings (SSSR count). The van der Waals surface area contributed by atoms with Crippen molar-refractivity contribution in [3.63, 3.8) is 0 Å². The fourth-order valence-electron chi connectivity index (χ4n) is 2.32. The molecule has 0 aliphatic heterocycles. The molecule has 0 fully saturated rings. The Kier molecular flexibility index (Phi) is 5.92. The minimum atomic E-state index is -0.362. The van der Waals surface area contributed by atoms with Gasteiger partial charge < -0.3 is 15.9 Å². The largest absolute Gasteiger partial charge is 0.494 e. The molecule has 140 valence electrons. The van der Waals surface area contributed by atoms with Gasteiger partial charge in [-0.25, -0.2) is 9.07 Å². The molecule has 27 heavy (non-hydrogen) atoms. The number of carbonyl (C=O) groups is 1. The number of nitrogens with zero attached hydrogens (tertiary/aromatic N) is 3. The summed E-state index contributed by atoms with van der Waals surface area (Å²) >= 11 is 1.15. The van der Waals surface area contributed by atoms with Crippen LogP contribution >= 0.6 is 11.8 Å². The summed E-state index contributed by atoms with van der Waals surface area (Å²) in [5.74, 6) is 6.73. The van der Waals surface area contributed by atoms with Crippen LogP contribution in [0.1, 0.15) is 6.92 Å². The van der Waals surface area contributed by atoms with Crippen LogP contribution in [0.2, 0.25) is 0 Å². The summed E-state index contributed by atoms with van der Waals surface area (Å²) in [7, 11) is 0. The molecule has 3 N–H and O–H groups in total.